The molecule has 1 aromatic carbocycles. The summed E-state index contributed by atoms with van der Waals surface area (Å²) in [5, 5.41) is 0. The first-order chi connectivity index (χ1) is 7.25. The molecule has 1 aromatic rings. The Morgan fingerprint density at radius 1 is 1.33 bits per heavy atom. The molecule has 1 aliphatic heterocycles. The Morgan fingerprint density at radius 3 is 2.80 bits per heavy atom. The first kappa shape index (κ1) is 10.7. The third kappa shape index (κ3) is 2.80. The maximum absolute atomic E-state index is 5.85. The average molecular weight is 204 g/mol. The number of nitrogens with zero attached hydrogens (tertiary/aromatic N) is 1. The van der Waals surface area contributed by atoms with Crippen LogP contribution in [0.2, 0.25) is 0 Å². The zero-order valence-electron chi connectivity index (χ0n) is 9.45. The Labute approximate surface area is 92.1 Å². The smallest absolute Gasteiger partial charge is 0.0237 e. The highest BCUT2D eigenvalue weighted by Crippen LogP contribution is 2.18. The predicted octanol–water partition coefficient (Wildman–Crippen LogP) is 1.78. The van der Waals surface area contributed by atoms with Crippen LogP contribution in [0.3, 0.4) is 0 Å². The lowest BCUT2D eigenvalue weighted by molar-refractivity contribution is 0.257. The Kier molecular flexibility index (Phi) is 3.39. The molecule has 1 aliphatic rings. The minimum atomic E-state index is 0.273. The van der Waals surface area contributed by atoms with Crippen molar-refractivity contribution in [2.24, 2.45) is 5.73 Å². The van der Waals surface area contributed by atoms with Gasteiger partial charge in [0.2, 0.25) is 0 Å². The highest BCUT2D eigenvalue weighted by Gasteiger charge is 2.14. The van der Waals surface area contributed by atoms with Crippen molar-refractivity contribution in [3.05, 3.63) is 35.4 Å². The molecule has 0 aromatic heterocycles. The third-order valence-electron chi connectivity index (χ3n) is 2.98. The van der Waals surface area contributed by atoms with E-state index in [-0.39, 0.29) is 6.04 Å². The summed E-state index contributed by atoms with van der Waals surface area (Å²) in [4.78, 5) is 2.47. The number of nitrogens with two attached hydrogens (primary N) is 1. The Morgan fingerprint density at radius 2 is 2.07 bits per heavy atom. The van der Waals surface area contributed by atoms with Gasteiger partial charge in [0.25, 0.3) is 0 Å². The second-order valence-electron chi connectivity index (χ2n) is 4.58. The fourth-order valence-corrected chi connectivity index (χ4v) is 2.33. The van der Waals surface area contributed by atoms with E-state index in [9.17, 15) is 0 Å². The van der Waals surface area contributed by atoms with Crippen LogP contribution in [0, 0.1) is 0 Å². The lowest BCUT2D eigenvalue weighted by Gasteiger charge is -2.22. The SMILES string of the molecule is C[C@@H](N)CN1CCCc2ccccc2C1. The number of aryl methyl sites for hydroxylation is 1. The molecule has 1 atom stereocenters. The van der Waals surface area contributed by atoms with Gasteiger partial charge in [0.15, 0.2) is 0 Å². The van der Waals surface area contributed by atoms with E-state index in [1.54, 1.807) is 0 Å². The van der Waals surface area contributed by atoms with E-state index >= 15 is 0 Å². The van der Waals surface area contributed by atoms with Crippen molar-refractivity contribution in [3.8, 4) is 0 Å². The van der Waals surface area contributed by atoms with Gasteiger partial charge in [-0.15, -0.1) is 0 Å². The normalized spacial score (nSPS) is 19.3. The lowest BCUT2D eigenvalue weighted by atomic mass is 10.0. The van der Waals surface area contributed by atoms with E-state index in [2.05, 4.69) is 36.1 Å². The predicted molar refractivity (Wildman–Crippen MR) is 63.7 cm³/mol. The maximum Gasteiger partial charge on any atom is 0.0237 e. The van der Waals surface area contributed by atoms with Gasteiger partial charge in [-0.3, -0.25) is 4.90 Å². The molecular formula is C13H20N2. The monoisotopic (exact) mass is 204 g/mol. The maximum atomic E-state index is 5.85. The van der Waals surface area contributed by atoms with E-state index in [4.69, 9.17) is 5.73 Å². The summed E-state index contributed by atoms with van der Waals surface area (Å²) in [5.74, 6) is 0. The second-order valence-corrected chi connectivity index (χ2v) is 4.58. The number of fused-ring (bicyclic) bond motifs is 1. The molecule has 0 spiro atoms. The molecule has 1 heterocycles. The molecule has 0 saturated carbocycles. The zero-order chi connectivity index (χ0) is 10.7. The molecule has 0 fully saturated rings. The summed E-state index contributed by atoms with van der Waals surface area (Å²) in [5.41, 5.74) is 8.85. The van der Waals surface area contributed by atoms with E-state index < -0.39 is 0 Å². The Balaban J connectivity index is 2.10. The summed E-state index contributed by atoms with van der Waals surface area (Å²) < 4.78 is 0. The van der Waals surface area contributed by atoms with Gasteiger partial charge in [0, 0.05) is 19.1 Å². The van der Waals surface area contributed by atoms with Crippen LogP contribution < -0.4 is 5.73 Å². The molecule has 2 rings (SSSR count). The lowest BCUT2D eigenvalue weighted by Crippen LogP contribution is -2.35. The summed E-state index contributed by atoms with van der Waals surface area (Å²) in [6.45, 7) is 5.33. The Hall–Kier alpha value is -0.860. The van der Waals surface area contributed by atoms with E-state index in [1.807, 2.05) is 0 Å². The van der Waals surface area contributed by atoms with Crippen molar-refractivity contribution in [3.63, 3.8) is 0 Å². The first-order valence-electron chi connectivity index (χ1n) is 5.80. The molecule has 2 N–H and O–H groups in total. The third-order valence-corrected chi connectivity index (χ3v) is 2.98. The van der Waals surface area contributed by atoms with Crippen LogP contribution in [-0.4, -0.2) is 24.0 Å². The quantitative estimate of drug-likeness (QED) is 0.795. The summed E-state index contributed by atoms with van der Waals surface area (Å²) in [7, 11) is 0. The average Bonchev–Trinajstić information content (AvgIpc) is 2.38. The number of benzene rings is 1. The highest BCUT2D eigenvalue weighted by atomic mass is 15.1. The zero-order valence-corrected chi connectivity index (χ0v) is 9.45. The number of hydrogen-bond acceptors (Lipinski definition) is 2. The van der Waals surface area contributed by atoms with Gasteiger partial charge in [-0.1, -0.05) is 24.3 Å². The molecule has 2 heteroatoms. The van der Waals surface area contributed by atoms with E-state index in [0.29, 0.717) is 0 Å². The molecule has 82 valence electrons. The van der Waals surface area contributed by atoms with Gasteiger partial charge >= 0.3 is 0 Å². The molecule has 0 amide bonds. The topological polar surface area (TPSA) is 29.3 Å². The van der Waals surface area contributed by atoms with Crippen molar-refractivity contribution in [1.29, 1.82) is 0 Å². The number of rotatable bonds is 2. The van der Waals surface area contributed by atoms with Crippen molar-refractivity contribution in [1.82, 2.24) is 4.90 Å². The molecule has 0 bridgehead atoms. The fraction of sp³-hybridized carbons (Fsp3) is 0.538. The molecule has 0 radical (unpaired) electrons. The van der Waals surface area contributed by atoms with Crippen LogP contribution in [-0.2, 0) is 13.0 Å². The summed E-state index contributed by atoms with van der Waals surface area (Å²) in [6, 6.07) is 9.05. The largest absolute Gasteiger partial charge is 0.327 e. The van der Waals surface area contributed by atoms with Gasteiger partial charge in [-0.2, -0.15) is 0 Å². The van der Waals surface area contributed by atoms with Gasteiger partial charge in [0.1, 0.15) is 0 Å². The van der Waals surface area contributed by atoms with Crippen LogP contribution in [0.5, 0.6) is 0 Å². The van der Waals surface area contributed by atoms with Gasteiger partial charge in [-0.05, 0) is 37.4 Å². The molecule has 0 unspecified atom stereocenters. The Bertz CT molecular complexity index is 320. The van der Waals surface area contributed by atoms with Crippen LogP contribution >= 0.6 is 0 Å². The van der Waals surface area contributed by atoms with Gasteiger partial charge in [0.05, 0.1) is 0 Å². The second kappa shape index (κ2) is 4.77. The molecule has 15 heavy (non-hydrogen) atoms. The van der Waals surface area contributed by atoms with Crippen LogP contribution in [0.25, 0.3) is 0 Å². The fourth-order valence-electron chi connectivity index (χ4n) is 2.33. The van der Waals surface area contributed by atoms with Gasteiger partial charge < -0.3 is 5.73 Å². The van der Waals surface area contributed by atoms with Crippen molar-refractivity contribution >= 4 is 0 Å². The van der Waals surface area contributed by atoms with Crippen molar-refractivity contribution in [2.75, 3.05) is 13.1 Å². The standard InChI is InChI=1S/C13H20N2/c1-11(14)9-15-8-4-7-12-5-2-3-6-13(12)10-15/h2-3,5-6,11H,4,7-10,14H2,1H3/t11-/m1/s1. The van der Waals surface area contributed by atoms with E-state index in [1.165, 1.54) is 30.5 Å². The minimum Gasteiger partial charge on any atom is -0.327 e. The molecule has 0 saturated heterocycles. The van der Waals surface area contributed by atoms with Crippen LogP contribution in [0.15, 0.2) is 24.3 Å². The van der Waals surface area contributed by atoms with Gasteiger partial charge in [-0.25, -0.2) is 0 Å². The van der Waals surface area contributed by atoms with Crippen LogP contribution in [0.1, 0.15) is 24.5 Å². The minimum absolute atomic E-state index is 0.273. The highest BCUT2D eigenvalue weighted by molar-refractivity contribution is 5.27. The first-order valence-corrected chi connectivity index (χ1v) is 5.80. The summed E-state index contributed by atoms with van der Waals surface area (Å²) >= 11 is 0. The molecule has 0 aliphatic carbocycles. The van der Waals surface area contributed by atoms with Crippen LogP contribution in [0.4, 0.5) is 0 Å². The molecular weight excluding hydrogens is 184 g/mol. The van der Waals surface area contributed by atoms with Crippen molar-refractivity contribution in [2.45, 2.75) is 32.4 Å². The molecule has 2 nitrogen and oxygen atoms in total. The number of hydrogen-bond donors (Lipinski definition) is 1. The summed E-state index contributed by atoms with van der Waals surface area (Å²) in [6.07, 6.45) is 2.47. The van der Waals surface area contributed by atoms with E-state index in [0.717, 1.165) is 13.1 Å². The van der Waals surface area contributed by atoms with Crippen molar-refractivity contribution < 1.29 is 0 Å².